The van der Waals surface area contributed by atoms with E-state index in [1.807, 2.05) is 0 Å². The summed E-state index contributed by atoms with van der Waals surface area (Å²) in [5, 5.41) is 15.3. The van der Waals surface area contributed by atoms with Crippen LogP contribution in [-0.4, -0.2) is 42.7 Å². The molecule has 1 unspecified atom stereocenters. The van der Waals surface area contributed by atoms with E-state index in [-0.39, 0.29) is 0 Å². The first-order valence-corrected chi connectivity index (χ1v) is 11.9. The Kier molecular flexibility index (Phi) is 11.1. The predicted octanol–water partition coefficient (Wildman–Crippen LogP) is 5.34. The van der Waals surface area contributed by atoms with Crippen LogP contribution < -0.4 is 5.32 Å². The van der Waals surface area contributed by atoms with Gasteiger partial charge in [-0.05, 0) is 76.3 Å². The molecule has 0 aliphatic heterocycles. The van der Waals surface area contributed by atoms with E-state index in [1.54, 1.807) is 0 Å². The SMILES string of the molecule is CCN(CC)CCCNCCCCCC(O)(c1ccccc1)C1CCCCC1. The molecule has 1 saturated carbocycles. The summed E-state index contributed by atoms with van der Waals surface area (Å²) in [6.45, 7) is 10.2. The van der Waals surface area contributed by atoms with Gasteiger partial charge in [-0.1, -0.05) is 76.3 Å². The molecule has 0 amide bonds. The quantitative estimate of drug-likeness (QED) is 0.422. The maximum Gasteiger partial charge on any atom is 0.0924 e. The molecule has 1 aromatic carbocycles. The molecule has 1 aliphatic rings. The Balaban J connectivity index is 1.68. The summed E-state index contributed by atoms with van der Waals surface area (Å²) < 4.78 is 0. The lowest BCUT2D eigenvalue weighted by Gasteiger charge is -2.39. The van der Waals surface area contributed by atoms with Crippen LogP contribution in [-0.2, 0) is 5.60 Å². The van der Waals surface area contributed by atoms with Gasteiger partial charge in [0, 0.05) is 0 Å². The highest BCUT2D eigenvalue weighted by molar-refractivity contribution is 5.23. The summed E-state index contributed by atoms with van der Waals surface area (Å²) >= 11 is 0. The third-order valence-corrected chi connectivity index (χ3v) is 6.69. The van der Waals surface area contributed by atoms with Gasteiger partial charge in [-0.2, -0.15) is 0 Å². The Bertz CT molecular complexity index is 497. The van der Waals surface area contributed by atoms with Crippen LogP contribution in [0.4, 0.5) is 0 Å². The van der Waals surface area contributed by atoms with Crippen LogP contribution in [0.25, 0.3) is 0 Å². The van der Waals surface area contributed by atoms with Crippen molar-refractivity contribution in [1.29, 1.82) is 0 Å². The van der Waals surface area contributed by atoms with E-state index < -0.39 is 5.60 Å². The molecular weight excluding hydrogens is 344 g/mol. The van der Waals surface area contributed by atoms with E-state index in [0.29, 0.717) is 5.92 Å². The molecular formula is C25H44N2O. The number of nitrogens with zero attached hydrogens (tertiary/aromatic N) is 1. The van der Waals surface area contributed by atoms with E-state index in [0.717, 1.165) is 44.6 Å². The molecule has 1 atom stereocenters. The molecule has 0 saturated heterocycles. The summed E-state index contributed by atoms with van der Waals surface area (Å²) in [5.41, 5.74) is 0.509. The van der Waals surface area contributed by atoms with Crippen molar-refractivity contribution in [3.05, 3.63) is 35.9 Å². The van der Waals surface area contributed by atoms with Crippen molar-refractivity contribution in [2.45, 2.75) is 83.7 Å². The Morgan fingerprint density at radius 3 is 2.29 bits per heavy atom. The smallest absolute Gasteiger partial charge is 0.0924 e. The van der Waals surface area contributed by atoms with E-state index in [4.69, 9.17) is 0 Å². The average Bonchev–Trinajstić information content (AvgIpc) is 2.76. The standard InChI is InChI=1S/C25H44N2O/c1-3-27(4-2)22-14-21-26-20-13-7-12-19-25(28,23-15-8-5-9-16-23)24-17-10-6-11-18-24/h5,8-9,15-16,24,26,28H,3-4,6-7,10-14,17-22H2,1-2H3. The van der Waals surface area contributed by atoms with Crippen molar-refractivity contribution in [3.8, 4) is 0 Å². The van der Waals surface area contributed by atoms with Crippen LogP contribution in [0.2, 0.25) is 0 Å². The van der Waals surface area contributed by atoms with Crippen LogP contribution in [0.3, 0.4) is 0 Å². The largest absolute Gasteiger partial charge is 0.385 e. The zero-order valence-corrected chi connectivity index (χ0v) is 18.5. The number of nitrogens with one attached hydrogen (secondary N) is 1. The molecule has 0 bridgehead atoms. The molecule has 1 fully saturated rings. The zero-order chi connectivity index (χ0) is 20.1. The van der Waals surface area contributed by atoms with Crippen LogP contribution in [0.5, 0.6) is 0 Å². The minimum atomic E-state index is -0.626. The van der Waals surface area contributed by atoms with Crippen molar-refractivity contribution in [2.24, 2.45) is 5.92 Å². The van der Waals surface area contributed by atoms with Gasteiger partial charge in [-0.15, -0.1) is 0 Å². The maximum absolute atomic E-state index is 11.7. The third kappa shape index (κ3) is 7.50. The molecule has 0 radical (unpaired) electrons. The summed E-state index contributed by atoms with van der Waals surface area (Å²) in [7, 11) is 0. The Morgan fingerprint density at radius 2 is 1.61 bits per heavy atom. The molecule has 1 aliphatic carbocycles. The lowest BCUT2D eigenvalue weighted by molar-refractivity contribution is -0.0480. The van der Waals surface area contributed by atoms with E-state index in [9.17, 15) is 5.11 Å². The van der Waals surface area contributed by atoms with Gasteiger partial charge in [0.05, 0.1) is 5.60 Å². The van der Waals surface area contributed by atoms with E-state index in [2.05, 4.69) is 54.4 Å². The first kappa shape index (κ1) is 23.4. The third-order valence-electron chi connectivity index (χ3n) is 6.69. The van der Waals surface area contributed by atoms with Crippen molar-refractivity contribution < 1.29 is 5.11 Å². The van der Waals surface area contributed by atoms with Gasteiger partial charge in [0.2, 0.25) is 0 Å². The van der Waals surface area contributed by atoms with Crippen LogP contribution in [0.15, 0.2) is 30.3 Å². The molecule has 160 valence electrons. The summed E-state index contributed by atoms with van der Waals surface area (Å²) in [6.07, 6.45) is 11.9. The first-order chi connectivity index (χ1) is 13.7. The van der Waals surface area contributed by atoms with Crippen molar-refractivity contribution in [2.75, 3.05) is 32.7 Å². The molecule has 2 N–H and O–H groups in total. The second kappa shape index (κ2) is 13.3. The number of hydrogen-bond acceptors (Lipinski definition) is 3. The Labute approximate surface area is 173 Å². The van der Waals surface area contributed by atoms with Crippen molar-refractivity contribution in [3.63, 3.8) is 0 Å². The Hall–Kier alpha value is -0.900. The highest BCUT2D eigenvalue weighted by Crippen LogP contribution is 2.42. The number of rotatable bonds is 14. The summed E-state index contributed by atoms with van der Waals surface area (Å²) in [4.78, 5) is 2.48. The summed E-state index contributed by atoms with van der Waals surface area (Å²) in [5.74, 6) is 0.432. The fourth-order valence-corrected chi connectivity index (χ4v) is 4.80. The average molecular weight is 389 g/mol. The molecule has 0 spiro atoms. The molecule has 1 aromatic rings. The fourth-order valence-electron chi connectivity index (χ4n) is 4.80. The predicted molar refractivity (Wildman–Crippen MR) is 121 cm³/mol. The van der Waals surface area contributed by atoms with Gasteiger partial charge in [-0.25, -0.2) is 0 Å². The molecule has 3 heteroatoms. The highest BCUT2D eigenvalue weighted by Gasteiger charge is 2.38. The van der Waals surface area contributed by atoms with E-state index >= 15 is 0 Å². The number of unbranched alkanes of at least 4 members (excludes halogenated alkanes) is 2. The molecule has 2 rings (SSSR count). The lowest BCUT2D eigenvalue weighted by atomic mass is 9.71. The van der Waals surface area contributed by atoms with Gasteiger partial charge < -0.3 is 15.3 Å². The second-order valence-corrected chi connectivity index (χ2v) is 8.57. The van der Waals surface area contributed by atoms with Gasteiger partial charge >= 0.3 is 0 Å². The van der Waals surface area contributed by atoms with Crippen molar-refractivity contribution >= 4 is 0 Å². The van der Waals surface area contributed by atoms with Crippen molar-refractivity contribution in [1.82, 2.24) is 10.2 Å². The molecule has 0 heterocycles. The number of hydrogen-bond donors (Lipinski definition) is 2. The Morgan fingerprint density at radius 1 is 0.929 bits per heavy atom. The molecule has 0 aromatic heterocycles. The monoisotopic (exact) mass is 388 g/mol. The van der Waals surface area contributed by atoms with Gasteiger partial charge in [0.25, 0.3) is 0 Å². The minimum absolute atomic E-state index is 0.432. The maximum atomic E-state index is 11.7. The topological polar surface area (TPSA) is 35.5 Å². The van der Waals surface area contributed by atoms with Crippen LogP contribution >= 0.6 is 0 Å². The zero-order valence-electron chi connectivity index (χ0n) is 18.5. The summed E-state index contributed by atoms with van der Waals surface area (Å²) in [6, 6.07) is 10.5. The van der Waals surface area contributed by atoms with Gasteiger partial charge in [0.1, 0.15) is 0 Å². The second-order valence-electron chi connectivity index (χ2n) is 8.57. The van der Waals surface area contributed by atoms with Crippen LogP contribution in [0.1, 0.15) is 83.6 Å². The van der Waals surface area contributed by atoms with Gasteiger partial charge in [-0.3, -0.25) is 0 Å². The molecule has 28 heavy (non-hydrogen) atoms. The lowest BCUT2D eigenvalue weighted by Crippen LogP contribution is -2.36. The minimum Gasteiger partial charge on any atom is -0.385 e. The van der Waals surface area contributed by atoms with Crippen LogP contribution in [0, 0.1) is 5.92 Å². The normalized spacial score (nSPS) is 17.7. The van der Waals surface area contributed by atoms with Gasteiger partial charge in [0.15, 0.2) is 0 Å². The number of benzene rings is 1. The van der Waals surface area contributed by atoms with E-state index in [1.165, 1.54) is 57.9 Å². The number of aliphatic hydroxyl groups is 1. The first-order valence-electron chi connectivity index (χ1n) is 11.9. The highest BCUT2D eigenvalue weighted by atomic mass is 16.3. The fraction of sp³-hybridized carbons (Fsp3) is 0.760. The molecule has 3 nitrogen and oxygen atoms in total.